The molecule has 0 aliphatic heterocycles. The maximum Gasteiger partial charge on any atom is 0.222 e. The lowest BCUT2D eigenvalue weighted by molar-refractivity contribution is 0.519. The van der Waals surface area contributed by atoms with Crippen molar-refractivity contribution in [2.75, 3.05) is 0 Å². The molecule has 0 atom stereocenters. The fourth-order valence-electron chi connectivity index (χ4n) is 0.865. The van der Waals surface area contributed by atoms with Gasteiger partial charge in [-0.25, -0.2) is 0 Å². The van der Waals surface area contributed by atoms with Crippen LogP contribution < -0.4 is 0 Å². The Hall–Kier alpha value is -2.25. The fourth-order valence-corrected chi connectivity index (χ4v) is 0.865. The van der Waals surface area contributed by atoms with E-state index in [0.717, 1.165) is 0 Å². The number of hydrogen-bond acceptors (Lipinski definition) is 4. The predicted octanol–water partition coefficient (Wildman–Crippen LogP) is 1.20. The van der Waals surface area contributed by atoms with Crippen LogP contribution >= 0.6 is 0 Å². The minimum absolute atomic E-state index is 0.0255. The summed E-state index contributed by atoms with van der Waals surface area (Å²) in [5.41, 5.74) is 0.173. The van der Waals surface area contributed by atoms with Crippen molar-refractivity contribution in [1.29, 1.82) is 15.8 Å². The third-order valence-corrected chi connectivity index (χ3v) is 1.41. The van der Waals surface area contributed by atoms with Crippen molar-refractivity contribution < 1.29 is 4.42 Å². The van der Waals surface area contributed by atoms with Crippen molar-refractivity contribution in [2.45, 2.75) is 6.92 Å². The second-order valence-corrected chi connectivity index (χ2v) is 2.07. The van der Waals surface area contributed by atoms with Gasteiger partial charge in [0.2, 0.25) is 5.76 Å². The molecule has 0 fully saturated rings. The van der Waals surface area contributed by atoms with E-state index in [2.05, 4.69) is 0 Å². The van der Waals surface area contributed by atoms with Crippen LogP contribution in [0.3, 0.4) is 0 Å². The van der Waals surface area contributed by atoms with E-state index in [4.69, 9.17) is 20.2 Å². The Bertz CT molecular complexity index is 437. The highest BCUT2D eigenvalue weighted by Gasteiger charge is 2.16. The molecule has 0 bridgehead atoms. The lowest BCUT2D eigenvalue weighted by Gasteiger charge is -1.78. The quantitative estimate of drug-likeness (QED) is 0.566. The Balaban J connectivity index is 3.54. The lowest BCUT2D eigenvalue weighted by Crippen LogP contribution is -1.79. The van der Waals surface area contributed by atoms with Crippen LogP contribution in [0.4, 0.5) is 0 Å². The normalized spacial score (nSPS) is 8.17. The average molecular weight is 157 g/mol. The molecule has 0 N–H and O–H groups in total. The van der Waals surface area contributed by atoms with Crippen LogP contribution in [0.15, 0.2) is 4.42 Å². The van der Waals surface area contributed by atoms with Gasteiger partial charge in [0.05, 0.1) is 0 Å². The Morgan fingerprint density at radius 1 is 1.00 bits per heavy atom. The van der Waals surface area contributed by atoms with Gasteiger partial charge in [-0.05, 0) is 6.92 Å². The highest BCUT2D eigenvalue weighted by Crippen LogP contribution is 2.19. The Morgan fingerprint density at radius 2 is 1.58 bits per heavy atom. The monoisotopic (exact) mass is 157 g/mol. The summed E-state index contributed by atoms with van der Waals surface area (Å²) in [6.45, 7) is 1.54. The standard InChI is InChI=1S/C8H3N3O/c1-5-6(2-9)7(3-10)8(4-11)12-5/h1H3. The van der Waals surface area contributed by atoms with Crippen LogP contribution in [0.2, 0.25) is 0 Å². The van der Waals surface area contributed by atoms with Crippen LogP contribution in [0, 0.1) is 40.9 Å². The van der Waals surface area contributed by atoms with Gasteiger partial charge in [0.1, 0.15) is 35.1 Å². The number of aryl methyl sites for hydroxylation is 1. The molecule has 0 saturated carbocycles. The van der Waals surface area contributed by atoms with E-state index >= 15 is 0 Å². The molecule has 0 aromatic carbocycles. The summed E-state index contributed by atoms with van der Waals surface area (Å²) < 4.78 is 4.87. The van der Waals surface area contributed by atoms with Crippen molar-refractivity contribution in [2.24, 2.45) is 0 Å². The Kier molecular flexibility index (Phi) is 1.82. The van der Waals surface area contributed by atoms with Crippen LogP contribution in [0.5, 0.6) is 0 Å². The van der Waals surface area contributed by atoms with Crippen LogP contribution in [0.25, 0.3) is 0 Å². The van der Waals surface area contributed by atoms with Gasteiger partial charge >= 0.3 is 0 Å². The molecule has 1 heterocycles. The van der Waals surface area contributed by atoms with E-state index in [-0.39, 0.29) is 16.9 Å². The van der Waals surface area contributed by atoms with Gasteiger partial charge in [0, 0.05) is 0 Å². The Morgan fingerprint density at radius 3 is 2.00 bits per heavy atom. The molecule has 4 heteroatoms. The lowest BCUT2D eigenvalue weighted by atomic mass is 10.1. The molecule has 1 aromatic heterocycles. The molecule has 0 spiro atoms. The highest BCUT2D eigenvalue weighted by molar-refractivity contribution is 5.53. The van der Waals surface area contributed by atoms with E-state index < -0.39 is 0 Å². The summed E-state index contributed by atoms with van der Waals surface area (Å²) in [5, 5.41) is 25.6. The predicted molar refractivity (Wildman–Crippen MR) is 37.6 cm³/mol. The number of nitriles is 3. The molecule has 12 heavy (non-hydrogen) atoms. The molecular weight excluding hydrogens is 154 g/mol. The molecule has 0 aliphatic rings. The van der Waals surface area contributed by atoms with Crippen molar-refractivity contribution in [3.63, 3.8) is 0 Å². The van der Waals surface area contributed by atoms with Gasteiger partial charge in [0.15, 0.2) is 0 Å². The molecule has 0 unspecified atom stereocenters. The van der Waals surface area contributed by atoms with Crippen molar-refractivity contribution >= 4 is 0 Å². The fraction of sp³-hybridized carbons (Fsp3) is 0.125. The zero-order chi connectivity index (χ0) is 9.14. The third-order valence-electron chi connectivity index (χ3n) is 1.41. The largest absolute Gasteiger partial charge is 0.448 e. The third kappa shape index (κ3) is 0.905. The van der Waals surface area contributed by atoms with Gasteiger partial charge in [0.25, 0.3) is 0 Å². The van der Waals surface area contributed by atoms with E-state index in [1.165, 1.54) is 0 Å². The van der Waals surface area contributed by atoms with E-state index in [1.54, 1.807) is 25.1 Å². The first-order valence-corrected chi connectivity index (χ1v) is 3.08. The summed E-state index contributed by atoms with van der Waals surface area (Å²) >= 11 is 0. The Labute approximate surface area is 68.9 Å². The molecule has 0 saturated heterocycles. The molecular formula is C8H3N3O. The van der Waals surface area contributed by atoms with Gasteiger partial charge in [-0.1, -0.05) is 0 Å². The summed E-state index contributed by atoms with van der Waals surface area (Å²) in [5.74, 6) is 0.220. The first-order chi connectivity index (χ1) is 5.74. The van der Waals surface area contributed by atoms with E-state index in [0.29, 0.717) is 5.76 Å². The number of furan rings is 1. The SMILES string of the molecule is Cc1oc(C#N)c(C#N)c1C#N. The maximum absolute atomic E-state index is 8.57. The smallest absolute Gasteiger partial charge is 0.222 e. The minimum Gasteiger partial charge on any atom is -0.448 e. The molecule has 0 radical (unpaired) electrons. The first-order valence-electron chi connectivity index (χ1n) is 3.08. The summed E-state index contributed by atoms with van der Waals surface area (Å²) in [7, 11) is 0. The number of nitrogens with zero attached hydrogens (tertiary/aromatic N) is 3. The van der Waals surface area contributed by atoms with Gasteiger partial charge < -0.3 is 4.42 Å². The van der Waals surface area contributed by atoms with E-state index in [1.807, 2.05) is 0 Å². The molecule has 1 rings (SSSR count). The number of rotatable bonds is 0. The first kappa shape index (κ1) is 7.85. The zero-order valence-corrected chi connectivity index (χ0v) is 6.25. The van der Waals surface area contributed by atoms with E-state index in [9.17, 15) is 0 Å². The summed E-state index contributed by atoms with van der Waals surface area (Å²) in [6.07, 6.45) is 0. The minimum atomic E-state index is -0.0912. The van der Waals surface area contributed by atoms with Gasteiger partial charge in [-0.15, -0.1) is 0 Å². The maximum atomic E-state index is 8.57. The van der Waals surface area contributed by atoms with Crippen LogP contribution in [-0.2, 0) is 0 Å². The van der Waals surface area contributed by atoms with Gasteiger partial charge in [-0.3, -0.25) is 0 Å². The molecule has 4 nitrogen and oxygen atoms in total. The number of hydrogen-bond donors (Lipinski definition) is 0. The molecule has 0 aliphatic carbocycles. The second-order valence-electron chi connectivity index (χ2n) is 2.07. The van der Waals surface area contributed by atoms with Crippen molar-refractivity contribution in [1.82, 2.24) is 0 Å². The zero-order valence-electron chi connectivity index (χ0n) is 6.25. The van der Waals surface area contributed by atoms with Crippen molar-refractivity contribution in [3.05, 3.63) is 22.6 Å². The van der Waals surface area contributed by atoms with Gasteiger partial charge in [-0.2, -0.15) is 15.8 Å². The van der Waals surface area contributed by atoms with Crippen LogP contribution in [-0.4, -0.2) is 0 Å². The molecule has 1 aromatic rings. The van der Waals surface area contributed by atoms with Crippen molar-refractivity contribution in [3.8, 4) is 18.2 Å². The highest BCUT2D eigenvalue weighted by atomic mass is 16.3. The molecule has 0 amide bonds. The summed E-state index contributed by atoms with van der Waals surface area (Å²) in [4.78, 5) is 0. The topological polar surface area (TPSA) is 84.5 Å². The molecule has 56 valence electrons. The van der Waals surface area contributed by atoms with Crippen LogP contribution in [0.1, 0.15) is 22.6 Å². The summed E-state index contributed by atoms with van der Waals surface area (Å²) in [6, 6.07) is 5.25. The average Bonchev–Trinajstić information content (AvgIpc) is 2.40. The second kappa shape index (κ2) is 2.78.